The number of carbonyl (C=O) groups is 1. The summed E-state index contributed by atoms with van der Waals surface area (Å²) in [6.45, 7) is 3.38. The zero-order chi connectivity index (χ0) is 53.0. The van der Waals surface area contributed by atoms with Gasteiger partial charge in [0.05, 0.1) is 26.4 Å². The molecule has 11 atom stereocenters. The Labute approximate surface area is 439 Å². The SMILES string of the molecule is CC/C=C\C/C=C\C/C=C\C/C=C\C/C=C\CCCCCCCCCCCCOCC(COC1OC(COC2OC(CO)C(O)C(O)C2O)C(O)C(O)C1O)OC(=O)CCCCC/C=C\C/C=C\C/C=C\CC. The van der Waals surface area contributed by atoms with Crippen LogP contribution in [0.1, 0.15) is 168 Å². The summed E-state index contributed by atoms with van der Waals surface area (Å²) in [6.07, 6.45) is 43.4. The van der Waals surface area contributed by atoms with Crippen molar-refractivity contribution in [3.8, 4) is 0 Å². The fourth-order valence-corrected chi connectivity index (χ4v) is 8.15. The largest absolute Gasteiger partial charge is 0.457 e. The Morgan fingerprint density at radius 3 is 1.33 bits per heavy atom. The Hall–Kier alpha value is -3.09. The molecular formula is C59H98O14. The van der Waals surface area contributed by atoms with Crippen molar-refractivity contribution in [3.63, 3.8) is 0 Å². The minimum Gasteiger partial charge on any atom is -0.457 e. The summed E-state index contributed by atoms with van der Waals surface area (Å²) < 4.78 is 34.3. The van der Waals surface area contributed by atoms with Gasteiger partial charge in [-0.2, -0.15) is 0 Å². The third-order valence-corrected chi connectivity index (χ3v) is 12.6. The first-order valence-corrected chi connectivity index (χ1v) is 27.8. The summed E-state index contributed by atoms with van der Waals surface area (Å²) in [5.74, 6) is -0.410. The number of hydrogen-bond donors (Lipinski definition) is 7. The summed E-state index contributed by atoms with van der Waals surface area (Å²) in [5.41, 5.74) is 0. The number of allylic oxidation sites excluding steroid dienone is 16. The topological polar surface area (TPSA) is 214 Å². The highest BCUT2D eigenvalue weighted by Crippen LogP contribution is 2.26. The summed E-state index contributed by atoms with van der Waals surface area (Å²) in [7, 11) is 0. The number of aliphatic hydroxyl groups excluding tert-OH is 7. The van der Waals surface area contributed by atoms with Crippen LogP contribution in [0.4, 0.5) is 0 Å². The number of unbranched alkanes of at least 4 members (excludes halogenated alkanes) is 13. The highest BCUT2D eigenvalue weighted by atomic mass is 16.7. The summed E-state index contributed by atoms with van der Waals surface area (Å²) in [6, 6.07) is 0. The molecule has 0 bridgehead atoms. The van der Waals surface area contributed by atoms with Crippen LogP contribution in [0.25, 0.3) is 0 Å². The first kappa shape index (κ1) is 66.0. The highest BCUT2D eigenvalue weighted by Gasteiger charge is 2.47. The predicted molar refractivity (Wildman–Crippen MR) is 288 cm³/mol. The molecule has 2 aliphatic heterocycles. The minimum absolute atomic E-state index is 0.0403. The molecule has 14 heteroatoms. The Morgan fingerprint density at radius 2 is 0.849 bits per heavy atom. The lowest BCUT2D eigenvalue weighted by Crippen LogP contribution is -2.61. The van der Waals surface area contributed by atoms with E-state index >= 15 is 0 Å². The van der Waals surface area contributed by atoms with Gasteiger partial charge >= 0.3 is 5.97 Å². The third-order valence-electron chi connectivity index (χ3n) is 12.6. The second-order valence-electron chi connectivity index (χ2n) is 19.0. The highest BCUT2D eigenvalue weighted by molar-refractivity contribution is 5.69. The molecule has 73 heavy (non-hydrogen) atoms. The molecule has 0 spiro atoms. The van der Waals surface area contributed by atoms with E-state index in [-0.39, 0.29) is 19.6 Å². The number of ether oxygens (including phenoxy) is 6. The van der Waals surface area contributed by atoms with Crippen molar-refractivity contribution in [2.24, 2.45) is 0 Å². The van der Waals surface area contributed by atoms with E-state index in [4.69, 9.17) is 28.4 Å². The van der Waals surface area contributed by atoms with Gasteiger partial charge in [0.2, 0.25) is 0 Å². The quantitative estimate of drug-likeness (QED) is 0.0172. The Bertz CT molecular complexity index is 1570. The van der Waals surface area contributed by atoms with Gasteiger partial charge < -0.3 is 64.2 Å². The van der Waals surface area contributed by atoms with Crippen LogP contribution in [-0.2, 0) is 33.2 Å². The Kier molecular flexibility index (Phi) is 40.8. The van der Waals surface area contributed by atoms with Crippen LogP contribution in [-0.4, -0.2) is 142 Å². The normalized spacial score (nSPS) is 25.7. The molecule has 0 saturated carbocycles. The van der Waals surface area contributed by atoms with Crippen LogP contribution in [0.5, 0.6) is 0 Å². The first-order valence-electron chi connectivity index (χ1n) is 27.8. The monoisotopic (exact) mass is 1030 g/mol. The van der Waals surface area contributed by atoms with E-state index in [2.05, 4.69) is 111 Å². The van der Waals surface area contributed by atoms with Crippen molar-refractivity contribution < 1.29 is 69.0 Å². The molecule has 0 aromatic heterocycles. The van der Waals surface area contributed by atoms with Gasteiger partial charge in [-0.15, -0.1) is 0 Å². The second-order valence-corrected chi connectivity index (χ2v) is 19.0. The summed E-state index contributed by atoms with van der Waals surface area (Å²) in [4.78, 5) is 13.0. The lowest BCUT2D eigenvalue weighted by atomic mass is 9.98. The lowest BCUT2D eigenvalue weighted by molar-refractivity contribution is -0.332. The zero-order valence-electron chi connectivity index (χ0n) is 44.6. The zero-order valence-corrected chi connectivity index (χ0v) is 44.6. The van der Waals surface area contributed by atoms with E-state index in [0.29, 0.717) is 13.0 Å². The first-order chi connectivity index (χ1) is 35.6. The molecule has 0 radical (unpaired) electrons. The molecule has 7 N–H and O–H groups in total. The average Bonchev–Trinajstić information content (AvgIpc) is 3.39. The molecule has 2 aliphatic rings. The maximum absolute atomic E-state index is 13.0. The van der Waals surface area contributed by atoms with E-state index in [1.54, 1.807) is 0 Å². The van der Waals surface area contributed by atoms with Gasteiger partial charge in [0.25, 0.3) is 0 Å². The number of esters is 1. The predicted octanol–water partition coefficient (Wildman–Crippen LogP) is 9.41. The number of carbonyl (C=O) groups excluding carboxylic acids is 1. The molecule has 2 heterocycles. The van der Waals surface area contributed by atoms with Crippen molar-refractivity contribution in [2.45, 2.75) is 235 Å². The maximum Gasteiger partial charge on any atom is 0.306 e. The molecule has 0 aromatic rings. The van der Waals surface area contributed by atoms with Gasteiger partial charge in [-0.05, 0) is 89.9 Å². The molecule has 2 rings (SSSR count). The smallest absolute Gasteiger partial charge is 0.306 e. The summed E-state index contributed by atoms with van der Waals surface area (Å²) >= 11 is 0. The standard InChI is InChI=1S/C59H98O14/c1-3-5-7-9-11-13-15-17-18-19-20-21-22-23-24-25-26-27-28-29-31-33-35-37-39-41-43-68-45-48(71-51(61)42-40-38-36-34-32-30-16-14-12-10-8-6-4-2)46-69-58-57(67)55(65)53(63)50(73-58)47-70-59-56(66)54(64)52(62)49(44-60)72-59/h5-8,11-14,17-18,20-21,23-24,30,32,48-50,52-60,62-67H,3-4,9-10,15-16,19,22,25-29,31,33-47H2,1-2H3/b7-5-,8-6-,13-11-,14-12-,18-17-,21-20-,24-23-,32-30-. The number of rotatable bonds is 43. The van der Waals surface area contributed by atoms with Crippen LogP contribution in [0, 0.1) is 0 Å². The molecule has 0 aliphatic carbocycles. The molecular weight excluding hydrogens is 933 g/mol. The number of hydrogen-bond acceptors (Lipinski definition) is 14. The van der Waals surface area contributed by atoms with Gasteiger partial charge in [0.1, 0.15) is 54.9 Å². The minimum atomic E-state index is -1.72. The molecule has 418 valence electrons. The van der Waals surface area contributed by atoms with E-state index in [1.807, 2.05) is 0 Å². The molecule has 0 aromatic carbocycles. The van der Waals surface area contributed by atoms with Crippen molar-refractivity contribution >= 4 is 5.97 Å². The molecule has 14 nitrogen and oxygen atoms in total. The van der Waals surface area contributed by atoms with Gasteiger partial charge in [-0.3, -0.25) is 4.79 Å². The maximum atomic E-state index is 13.0. The van der Waals surface area contributed by atoms with Crippen LogP contribution >= 0.6 is 0 Å². The van der Waals surface area contributed by atoms with Gasteiger partial charge in [-0.1, -0.05) is 169 Å². The van der Waals surface area contributed by atoms with Crippen LogP contribution < -0.4 is 0 Å². The van der Waals surface area contributed by atoms with E-state index in [1.165, 1.54) is 44.9 Å². The van der Waals surface area contributed by atoms with Gasteiger partial charge in [-0.25, -0.2) is 0 Å². The molecule has 0 amide bonds. The van der Waals surface area contributed by atoms with E-state index < -0.39 is 86.7 Å². The van der Waals surface area contributed by atoms with Crippen molar-refractivity contribution in [1.29, 1.82) is 0 Å². The molecule has 2 saturated heterocycles. The van der Waals surface area contributed by atoms with E-state index in [0.717, 1.165) is 96.3 Å². The number of aliphatic hydroxyl groups is 7. The second kappa shape index (κ2) is 45.1. The van der Waals surface area contributed by atoms with Crippen molar-refractivity contribution in [3.05, 3.63) is 97.2 Å². The van der Waals surface area contributed by atoms with Gasteiger partial charge in [0, 0.05) is 13.0 Å². The lowest BCUT2D eigenvalue weighted by Gasteiger charge is -2.42. The van der Waals surface area contributed by atoms with Crippen molar-refractivity contribution in [2.75, 3.05) is 33.0 Å². The fraction of sp³-hybridized carbons (Fsp3) is 0.712. The Balaban J connectivity index is 1.70. The average molecular weight is 1030 g/mol. The van der Waals surface area contributed by atoms with E-state index in [9.17, 15) is 40.5 Å². The van der Waals surface area contributed by atoms with Crippen molar-refractivity contribution in [1.82, 2.24) is 0 Å². The van der Waals surface area contributed by atoms with Crippen LogP contribution in [0.3, 0.4) is 0 Å². The van der Waals surface area contributed by atoms with Crippen LogP contribution in [0.2, 0.25) is 0 Å². The summed E-state index contributed by atoms with van der Waals surface area (Å²) in [5, 5.41) is 72.2. The fourth-order valence-electron chi connectivity index (χ4n) is 8.15. The third kappa shape index (κ3) is 32.2. The van der Waals surface area contributed by atoms with Crippen LogP contribution in [0.15, 0.2) is 97.2 Å². The molecule has 11 unspecified atom stereocenters. The molecule has 2 fully saturated rings. The van der Waals surface area contributed by atoms with Gasteiger partial charge in [0.15, 0.2) is 12.6 Å². The Morgan fingerprint density at radius 1 is 0.452 bits per heavy atom.